The molecule has 0 unspecified atom stereocenters. The van der Waals surface area contributed by atoms with Crippen molar-refractivity contribution >= 4 is 17.6 Å². The number of nitrogens with zero attached hydrogens (tertiary/aromatic N) is 2. The maximum atomic E-state index is 11.8. The standard InChI is InChI=1S/C14H14ClN3O2/c1-20-14(19)13-11(2-5-16)10(4-7-18-13)9-3-6-17-12(15)8-9/h3-4,6-8H,2,5,16H2,1H3. The van der Waals surface area contributed by atoms with Crippen molar-refractivity contribution in [2.24, 2.45) is 5.73 Å². The predicted octanol–water partition coefficient (Wildman–Crippen LogP) is 2.08. The lowest BCUT2D eigenvalue weighted by molar-refractivity contribution is 0.0593. The lowest BCUT2D eigenvalue weighted by Crippen LogP contribution is -2.13. The summed E-state index contributed by atoms with van der Waals surface area (Å²) in [7, 11) is 1.33. The van der Waals surface area contributed by atoms with Crippen LogP contribution in [-0.2, 0) is 11.2 Å². The number of hydrogen-bond donors (Lipinski definition) is 1. The number of carbonyl (C=O) groups excluding carboxylic acids is 1. The minimum absolute atomic E-state index is 0.281. The van der Waals surface area contributed by atoms with Gasteiger partial charge in [0.15, 0.2) is 5.69 Å². The third-order valence-electron chi connectivity index (χ3n) is 2.87. The number of rotatable bonds is 4. The zero-order valence-electron chi connectivity index (χ0n) is 11.0. The maximum Gasteiger partial charge on any atom is 0.356 e. The second kappa shape index (κ2) is 6.45. The Morgan fingerprint density at radius 3 is 2.75 bits per heavy atom. The van der Waals surface area contributed by atoms with E-state index in [4.69, 9.17) is 22.1 Å². The van der Waals surface area contributed by atoms with Crippen LogP contribution in [0.2, 0.25) is 5.15 Å². The van der Waals surface area contributed by atoms with Gasteiger partial charge in [-0.05, 0) is 47.9 Å². The topological polar surface area (TPSA) is 78.1 Å². The third-order valence-corrected chi connectivity index (χ3v) is 3.07. The van der Waals surface area contributed by atoms with Crippen LogP contribution in [0.25, 0.3) is 11.1 Å². The molecule has 104 valence electrons. The molecule has 2 N–H and O–H groups in total. The maximum absolute atomic E-state index is 11.8. The number of pyridine rings is 2. The van der Waals surface area contributed by atoms with Gasteiger partial charge in [-0.2, -0.15) is 0 Å². The number of methoxy groups -OCH3 is 1. The highest BCUT2D eigenvalue weighted by atomic mass is 35.5. The Balaban J connectivity index is 2.60. The zero-order chi connectivity index (χ0) is 14.5. The normalized spacial score (nSPS) is 10.3. The van der Waals surface area contributed by atoms with E-state index in [9.17, 15) is 4.79 Å². The van der Waals surface area contributed by atoms with Crippen molar-refractivity contribution < 1.29 is 9.53 Å². The Hall–Kier alpha value is -1.98. The Kier molecular flexibility index (Phi) is 4.65. The summed E-state index contributed by atoms with van der Waals surface area (Å²) in [6.07, 6.45) is 3.70. The number of nitrogens with two attached hydrogens (primary N) is 1. The number of hydrogen-bond acceptors (Lipinski definition) is 5. The molecule has 2 aromatic heterocycles. The monoisotopic (exact) mass is 291 g/mol. The van der Waals surface area contributed by atoms with Gasteiger partial charge in [-0.25, -0.2) is 14.8 Å². The van der Waals surface area contributed by atoms with Crippen LogP contribution in [0.3, 0.4) is 0 Å². The average molecular weight is 292 g/mol. The summed E-state index contributed by atoms with van der Waals surface area (Å²) in [4.78, 5) is 19.8. The second-order valence-electron chi connectivity index (χ2n) is 4.08. The highest BCUT2D eigenvalue weighted by molar-refractivity contribution is 6.29. The number of aromatic nitrogens is 2. The van der Waals surface area contributed by atoms with Crippen LogP contribution >= 0.6 is 11.6 Å². The molecular weight excluding hydrogens is 278 g/mol. The molecule has 0 aromatic carbocycles. The van der Waals surface area contributed by atoms with Crippen molar-refractivity contribution in [2.75, 3.05) is 13.7 Å². The van der Waals surface area contributed by atoms with Crippen molar-refractivity contribution in [3.8, 4) is 11.1 Å². The molecule has 0 aliphatic carbocycles. The zero-order valence-corrected chi connectivity index (χ0v) is 11.7. The highest BCUT2D eigenvalue weighted by Crippen LogP contribution is 2.27. The fourth-order valence-corrected chi connectivity index (χ4v) is 2.18. The van der Waals surface area contributed by atoms with Crippen molar-refractivity contribution in [3.05, 3.63) is 47.0 Å². The molecule has 5 nitrogen and oxygen atoms in total. The van der Waals surface area contributed by atoms with E-state index in [2.05, 4.69) is 9.97 Å². The smallest absolute Gasteiger partial charge is 0.356 e. The van der Waals surface area contributed by atoms with Gasteiger partial charge in [-0.1, -0.05) is 11.6 Å². The lowest BCUT2D eigenvalue weighted by Gasteiger charge is -2.12. The quantitative estimate of drug-likeness (QED) is 0.689. The second-order valence-corrected chi connectivity index (χ2v) is 4.47. The van der Waals surface area contributed by atoms with Gasteiger partial charge in [0.05, 0.1) is 7.11 Å². The molecule has 0 radical (unpaired) electrons. The minimum atomic E-state index is -0.476. The summed E-state index contributed by atoms with van der Waals surface area (Å²) in [6.45, 7) is 0.404. The third kappa shape index (κ3) is 2.95. The van der Waals surface area contributed by atoms with Crippen LogP contribution in [0.4, 0.5) is 0 Å². The van der Waals surface area contributed by atoms with E-state index in [1.165, 1.54) is 7.11 Å². The Labute approximate surface area is 121 Å². The molecule has 0 saturated heterocycles. The van der Waals surface area contributed by atoms with Crippen LogP contribution in [0.15, 0.2) is 30.6 Å². The molecule has 0 atom stereocenters. The van der Waals surface area contributed by atoms with Gasteiger partial charge in [0.2, 0.25) is 0 Å². The van der Waals surface area contributed by atoms with Crippen LogP contribution in [0.1, 0.15) is 16.1 Å². The molecule has 0 bridgehead atoms. The summed E-state index contributed by atoms with van der Waals surface area (Å²) in [5.41, 5.74) is 8.38. The fraction of sp³-hybridized carbons (Fsp3) is 0.214. The SMILES string of the molecule is COC(=O)c1nccc(-c2ccnc(Cl)c2)c1CCN. The summed E-state index contributed by atoms with van der Waals surface area (Å²) in [6, 6.07) is 5.38. The molecule has 2 rings (SSSR count). The lowest BCUT2D eigenvalue weighted by atomic mass is 9.97. The summed E-state index contributed by atoms with van der Waals surface area (Å²) >= 11 is 5.91. The summed E-state index contributed by atoms with van der Waals surface area (Å²) in [5.74, 6) is -0.476. The minimum Gasteiger partial charge on any atom is -0.464 e. The van der Waals surface area contributed by atoms with Gasteiger partial charge >= 0.3 is 5.97 Å². The van der Waals surface area contributed by atoms with Crippen molar-refractivity contribution in [2.45, 2.75) is 6.42 Å². The first-order valence-electron chi connectivity index (χ1n) is 6.05. The van der Waals surface area contributed by atoms with Gasteiger partial charge in [-0.15, -0.1) is 0 Å². The highest BCUT2D eigenvalue weighted by Gasteiger charge is 2.17. The predicted molar refractivity (Wildman–Crippen MR) is 76.6 cm³/mol. The van der Waals surface area contributed by atoms with E-state index < -0.39 is 5.97 Å². The molecule has 0 amide bonds. The first-order valence-corrected chi connectivity index (χ1v) is 6.43. The Morgan fingerprint density at radius 1 is 1.35 bits per heavy atom. The number of esters is 1. The van der Waals surface area contributed by atoms with Crippen LogP contribution < -0.4 is 5.73 Å². The molecule has 0 spiro atoms. The van der Waals surface area contributed by atoms with Crippen LogP contribution in [0, 0.1) is 0 Å². The van der Waals surface area contributed by atoms with E-state index in [1.54, 1.807) is 18.5 Å². The van der Waals surface area contributed by atoms with Crippen LogP contribution in [0.5, 0.6) is 0 Å². The molecule has 2 heterocycles. The Morgan fingerprint density at radius 2 is 2.10 bits per heavy atom. The molecule has 0 aliphatic rings. The summed E-state index contributed by atoms with van der Waals surface area (Å²) < 4.78 is 4.76. The van der Waals surface area contributed by atoms with E-state index in [0.29, 0.717) is 18.1 Å². The molecular formula is C14H14ClN3O2. The summed E-state index contributed by atoms with van der Waals surface area (Å²) in [5, 5.41) is 0.387. The van der Waals surface area contributed by atoms with Gasteiger partial charge in [0.25, 0.3) is 0 Å². The van der Waals surface area contributed by atoms with Gasteiger partial charge in [0, 0.05) is 12.4 Å². The Bertz CT molecular complexity index is 632. The van der Waals surface area contributed by atoms with Gasteiger partial charge in [0.1, 0.15) is 5.15 Å². The van der Waals surface area contributed by atoms with Crippen molar-refractivity contribution in [1.29, 1.82) is 0 Å². The fourth-order valence-electron chi connectivity index (χ4n) is 2.00. The number of ether oxygens (including phenoxy) is 1. The number of carbonyl (C=O) groups is 1. The van der Waals surface area contributed by atoms with Gasteiger partial charge in [-0.3, -0.25) is 0 Å². The van der Waals surface area contributed by atoms with E-state index in [-0.39, 0.29) is 5.69 Å². The molecule has 0 saturated carbocycles. The van der Waals surface area contributed by atoms with Crippen molar-refractivity contribution in [3.63, 3.8) is 0 Å². The molecule has 2 aromatic rings. The molecule has 0 fully saturated rings. The first kappa shape index (κ1) is 14.4. The number of halogens is 1. The van der Waals surface area contributed by atoms with E-state index in [1.807, 2.05) is 12.1 Å². The average Bonchev–Trinajstić information content (AvgIpc) is 2.47. The first-order chi connectivity index (χ1) is 9.67. The van der Waals surface area contributed by atoms with E-state index >= 15 is 0 Å². The van der Waals surface area contributed by atoms with Crippen LogP contribution in [-0.4, -0.2) is 29.6 Å². The molecule has 0 aliphatic heterocycles. The molecule has 20 heavy (non-hydrogen) atoms. The largest absolute Gasteiger partial charge is 0.464 e. The van der Waals surface area contributed by atoms with E-state index in [0.717, 1.165) is 16.7 Å². The van der Waals surface area contributed by atoms with Gasteiger partial charge < -0.3 is 10.5 Å². The molecule has 6 heteroatoms. The van der Waals surface area contributed by atoms with Crippen molar-refractivity contribution in [1.82, 2.24) is 9.97 Å².